The fourth-order valence-corrected chi connectivity index (χ4v) is 2.54. The molecule has 0 saturated carbocycles. The molecule has 8 nitrogen and oxygen atoms in total. The topological polar surface area (TPSA) is 111 Å². The van der Waals surface area contributed by atoms with Gasteiger partial charge < -0.3 is 14.8 Å². The molecule has 2 aromatic rings. The molecule has 0 spiro atoms. The number of imide groups is 1. The number of amides is 3. The molecule has 0 aliphatic carbocycles. The van der Waals surface area contributed by atoms with Crippen molar-refractivity contribution < 1.29 is 37.4 Å². The van der Waals surface area contributed by atoms with Gasteiger partial charge in [-0.3, -0.25) is 10.1 Å². The van der Waals surface area contributed by atoms with Gasteiger partial charge in [-0.05, 0) is 42.0 Å². The molecule has 2 aromatic carbocycles. The molecule has 31 heavy (non-hydrogen) atoms. The monoisotopic (exact) mass is 452 g/mol. The largest absolute Gasteiger partial charge is 0.466 e. The fourth-order valence-electron chi connectivity index (χ4n) is 2.31. The number of methoxy groups -OCH3 is 2. The predicted molar refractivity (Wildman–Crippen MR) is 107 cm³/mol. The van der Waals surface area contributed by atoms with Crippen molar-refractivity contribution in [2.45, 2.75) is 0 Å². The fraction of sp³-hybridized carbons (Fsp3) is 0.100. The maximum Gasteiger partial charge on any atom is 0.337 e. The number of halogens is 3. The zero-order valence-electron chi connectivity index (χ0n) is 16.1. The lowest BCUT2D eigenvalue weighted by Crippen LogP contribution is -2.34. The van der Waals surface area contributed by atoms with Gasteiger partial charge in [-0.1, -0.05) is 11.6 Å². The van der Waals surface area contributed by atoms with Crippen molar-refractivity contribution in [3.63, 3.8) is 0 Å². The second-order valence-electron chi connectivity index (χ2n) is 5.80. The van der Waals surface area contributed by atoms with Crippen LogP contribution in [0.5, 0.6) is 0 Å². The van der Waals surface area contributed by atoms with Gasteiger partial charge in [0.15, 0.2) is 11.6 Å². The number of ether oxygens (including phenoxy) is 2. The summed E-state index contributed by atoms with van der Waals surface area (Å²) >= 11 is 5.71. The highest BCUT2D eigenvalue weighted by molar-refractivity contribution is 6.34. The summed E-state index contributed by atoms with van der Waals surface area (Å²) in [4.78, 5) is 47.5. The van der Waals surface area contributed by atoms with E-state index in [4.69, 9.17) is 11.6 Å². The van der Waals surface area contributed by atoms with E-state index in [9.17, 15) is 28.0 Å². The van der Waals surface area contributed by atoms with E-state index < -0.39 is 46.1 Å². The quantitative estimate of drug-likeness (QED) is 0.408. The maximum absolute atomic E-state index is 13.4. The molecule has 0 bridgehead atoms. The van der Waals surface area contributed by atoms with Crippen molar-refractivity contribution in [1.29, 1.82) is 0 Å². The van der Waals surface area contributed by atoms with Crippen molar-refractivity contribution in [1.82, 2.24) is 5.32 Å². The summed E-state index contributed by atoms with van der Waals surface area (Å²) in [7, 11) is 2.35. The number of carbonyl (C=O) groups excluding carboxylic acids is 4. The number of esters is 2. The SMILES string of the molecule is COC(=O)C=Cc1cc(C(=O)OC)ccc1NC(=O)NC(=O)c1cc(F)c(F)cc1Cl. The second kappa shape index (κ2) is 10.3. The van der Waals surface area contributed by atoms with Gasteiger partial charge in [0, 0.05) is 11.8 Å². The van der Waals surface area contributed by atoms with Crippen LogP contribution in [0.25, 0.3) is 6.08 Å². The van der Waals surface area contributed by atoms with Gasteiger partial charge in [-0.15, -0.1) is 0 Å². The van der Waals surface area contributed by atoms with Gasteiger partial charge in [0.05, 0.1) is 30.4 Å². The van der Waals surface area contributed by atoms with Gasteiger partial charge in [0.2, 0.25) is 0 Å². The third-order valence-corrected chi connectivity index (χ3v) is 4.12. The van der Waals surface area contributed by atoms with Crippen LogP contribution in [0.4, 0.5) is 19.3 Å². The smallest absolute Gasteiger partial charge is 0.337 e. The Kier molecular flexibility index (Phi) is 7.81. The molecule has 0 saturated heterocycles. The molecular weight excluding hydrogens is 438 g/mol. The highest BCUT2D eigenvalue weighted by Gasteiger charge is 2.18. The average molecular weight is 453 g/mol. The molecule has 0 aliphatic rings. The van der Waals surface area contributed by atoms with Crippen LogP contribution in [-0.2, 0) is 14.3 Å². The van der Waals surface area contributed by atoms with Crippen molar-refractivity contribution in [2.75, 3.05) is 19.5 Å². The molecule has 0 aromatic heterocycles. The molecule has 162 valence electrons. The van der Waals surface area contributed by atoms with Gasteiger partial charge in [0.1, 0.15) is 0 Å². The first kappa shape index (κ1) is 23.5. The number of anilines is 1. The zero-order valence-corrected chi connectivity index (χ0v) is 16.9. The van der Waals surface area contributed by atoms with Crippen LogP contribution in [-0.4, -0.2) is 38.1 Å². The van der Waals surface area contributed by atoms with Gasteiger partial charge in [0.25, 0.3) is 5.91 Å². The lowest BCUT2D eigenvalue weighted by molar-refractivity contribution is -0.134. The normalized spacial score (nSPS) is 10.5. The number of nitrogens with one attached hydrogen (secondary N) is 2. The van der Waals surface area contributed by atoms with Crippen molar-refractivity contribution in [2.24, 2.45) is 0 Å². The summed E-state index contributed by atoms with van der Waals surface area (Å²) in [5.41, 5.74) is -0.0126. The standard InChI is InChI=1S/C20H15ClF2N2O6/c1-30-17(26)6-4-10-7-11(19(28)31-2)3-5-16(10)24-20(29)25-18(27)12-8-14(22)15(23)9-13(12)21/h3-9H,1-2H3,(H2,24,25,27,29). The van der Waals surface area contributed by atoms with Crippen molar-refractivity contribution in [3.05, 3.63) is 69.8 Å². The Labute approximate surface area is 179 Å². The van der Waals surface area contributed by atoms with E-state index in [2.05, 4.69) is 14.8 Å². The molecule has 0 heterocycles. The summed E-state index contributed by atoms with van der Waals surface area (Å²) in [6, 6.07) is 4.11. The molecule has 2 rings (SSSR count). The van der Waals surface area contributed by atoms with Crippen LogP contribution in [0.2, 0.25) is 5.02 Å². The Morgan fingerprint density at radius 3 is 2.32 bits per heavy atom. The van der Waals surface area contributed by atoms with Crippen molar-refractivity contribution >= 4 is 47.2 Å². The van der Waals surface area contributed by atoms with Gasteiger partial charge in [-0.2, -0.15) is 0 Å². The van der Waals surface area contributed by atoms with E-state index in [1.54, 1.807) is 0 Å². The van der Waals surface area contributed by atoms with Crippen LogP contribution in [0.1, 0.15) is 26.3 Å². The van der Waals surface area contributed by atoms with Crippen molar-refractivity contribution in [3.8, 4) is 0 Å². The average Bonchev–Trinajstić information content (AvgIpc) is 2.74. The Bertz CT molecular complexity index is 1090. The van der Waals surface area contributed by atoms with E-state index in [1.807, 2.05) is 5.32 Å². The van der Waals surface area contributed by atoms with E-state index in [0.717, 1.165) is 6.08 Å². The number of rotatable bonds is 5. The lowest BCUT2D eigenvalue weighted by atomic mass is 10.1. The lowest BCUT2D eigenvalue weighted by Gasteiger charge is -2.11. The maximum atomic E-state index is 13.4. The summed E-state index contributed by atoms with van der Waals surface area (Å²) < 4.78 is 35.6. The van der Waals surface area contributed by atoms with Gasteiger partial charge in [-0.25, -0.2) is 23.2 Å². The Morgan fingerprint density at radius 1 is 1.00 bits per heavy atom. The molecular formula is C20H15ClF2N2O6. The minimum Gasteiger partial charge on any atom is -0.466 e. The van der Waals surface area contributed by atoms with E-state index in [1.165, 1.54) is 38.5 Å². The van der Waals surface area contributed by atoms with Crippen LogP contribution in [0.3, 0.4) is 0 Å². The number of benzene rings is 2. The van der Waals surface area contributed by atoms with Crippen LogP contribution < -0.4 is 10.6 Å². The minimum absolute atomic E-state index is 0.106. The first-order chi connectivity index (χ1) is 14.7. The predicted octanol–water partition coefficient (Wildman–Crippen LogP) is 3.55. The molecule has 0 radical (unpaired) electrons. The van der Waals surface area contributed by atoms with Gasteiger partial charge >= 0.3 is 18.0 Å². The highest BCUT2D eigenvalue weighted by atomic mass is 35.5. The Morgan fingerprint density at radius 2 is 1.68 bits per heavy atom. The Hall–Kier alpha value is -3.79. The molecule has 3 amide bonds. The second-order valence-corrected chi connectivity index (χ2v) is 6.21. The van der Waals surface area contributed by atoms with E-state index >= 15 is 0 Å². The molecule has 2 N–H and O–H groups in total. The summed E-state index contributed by atoms with van der Waals surface area (Å²) in [5.74, 6) is -5.00. The minimum atomic E-state index is -1.32. The van der Waals surface area contributed by atoms with E-state index in [0.29, 0.717) is 12.1 Å². The van der Waals surface area contributed by atoms with E-state index in [-0.39, 0.29) is 16.8 Å². The molecule has 0 fully saturated rings. The highest BCUT2D eigenvalue weighted by Crippen LogP contribution is 2.22. The molecule has 11 heteroatoms. The molecule has 0 aliphatic heterocycles. The van der Waals surface area contributed by atoms with Crippen LogP contribution >= 0.6 is 11.6 Å². The number of hydrogen-bond donors (Lipinski definition) is 2. The summed E-state index contributed by atoms with van der Waals surface area (Å²) in [5, 5.41) is 3.86. The number of urea groups is 1. The van der Waals surface area contributed by atoms with Crippen LogP contribution in [0.15, 0.2) is 36.4 Å². The van der Waals surface area contributed by atoms with Crippen LogP contribution in [0, 0.1) is 11.6 Å². The Balaban J connectivity index is 2.25. The molecule has 0 atom stereocenters. The molecule has 0 unspecified atom stereocenters. The summed E-state index contributed by atoms with van der Waals surface area (Å²) in [6.45, 7) is 0. The summed E-state index contributed by atoms with van der Waals surface area (Å²) in [6.07, 6.45) is 2.31. The number of carbonyl (C=O) groups is 4. The zero-order chi connectivity index (χ0) is 23.1. The third-order valence-electron chi connectivity index (χ3n) is 3.80. The first-order valence-electron chi connectivity index (χ1n) is 8.41. The first-order valence-corrected chi connectivity index (χ1v) is 8.79. The number of hydrogen-bond acceptors (Lipinski definition) is 6. The third kappa shape index (κ3) is 6.09.